The lowest BCUT2D eigenvalue weighted by Crippen LogP contribution is -1.98. The highest BCUT2D eigenvalue weighted by atomic mass is 127. The van der Waals surface area contributed by atoms with Crippen molar-refractivity contribution in [1.29, 1.82) is 5.26 Å². The lowest BCUT2D eigenvalue weighted by Gasteiger charge is -2.03. The molecular weight excluding hydrogens is 303 g/mol. The largest absolute Gasteiger partial charge is 0.220 e. The fraction of sp³-hybridized carbons (Fsp3) is 0.100. The summed E-state index contributed by atoms with van der Waals surface area (Å²) in [6.07, 6.45) is 1.67. The Labute approximate surface area is 101 Å². The van der Waals surface area contributed by atoms with Crippen LogP contribution in [0.25, 0.3) is 5.69 Å². The zero-order valence-corrected chi connectivity index (χ0v) is 10.1. The molecule has 0 unspecified atom stereocenters. The first-order valence-corrected chi connectivity index (χ1v) is 5.37. The molecule has 0 radical (unpaired) electrons. The predicted molar refractivity (Wildman–Crippen MR) is 63.5 cm³/mol. The van der Waals surface area contributed by atoms with Crippen molar-refractivity contribution in [3.63, 3.8) is 0 Å². The Morgan fingerprint density at radius 1 is 1.47 bits per heavy atom. The molecule has 1 aromatic carbocycles. The standard InChI is InChI=1S/C10H7IN4/c1-7-13-6-15(14-7)10-3-2-8(5-12)4-9(10)11/h2-4,6H,1H3. The molecule has 2 rings (SSSR count). The first-order valence-electron chi connectivity index (χ1n) is 4.29. The molecule has 0 spiro atoms. The van der Waals surface area contributed by atoms with Gasteiger partial charge in [0.25, 0.3) is 0 Å². The van der Waals surface area contributed by atoms with Crippen LogP contribution in [0.2, 0.25) is 0 Å². The quantitative estimate of drug-likeness (QED) is 0.758. The highest BCUT2D eigenvalue weighted by molar-refractivity contribution is 14.1. The summed E-state index contributed by atoms with van der Waals surface area (Å²) < 4.78 is 2.69. The van der Waals surface area contributed by atoms with Crippen molar-refractivity contribution in [2.45, 2.75) is 6.92 Å². The van der Waals surface area contributed by atoms with Crippen LogP contribution in [-0.2, 0) is 0 Å². The zero-order valence-electron chi connectivity index (χ0n) is 7.98. The van der Waals surface area contributed by atoms with Crippen LogP contribution in [0.1, 0.15) is 11.4 Å². The number of aromatic nitrogens is 3. The molecule has 0 aliphatic rings. The van der Waals surface area contributed by atoms with E-state index in [4.69, 9.17) is 5.26 Å². The van der Waals surface area contributed by atoms with E-state index in [9.17, 15) is 0 Å². The minimum absolute atomic E-state index is 0.653. The van der Waals surface area contributed by atoms with Crippen molar-refractivity contribution in [2.24, 2.45) is 0 Å². The van der Waals surface area contributed by atoms with Crippen molar-refractivity contribution in [3.8, 4) is 11.8 Å². The molecule has 0 saturated carbocycles. The number of benzene rings is 1. The van der Waals surface area contributed by atoms with E-state index in [-0.39, 0.29) is 0 Å². The normalized spacial score (nSPS) is 9.93. The van der Waals surface area contributed by atoms with Crippen LogP contribution < -0.4 is 0 Å². The van der Waals surface area contributed by atoms with Gasteiger partial charge in [0, 0.05) is 3.57 Å². The van der Waals surface area contributed by atoms with Crippen LogP contribution in [-0.4, -0.2) is 14.8 Å². The average Bonchev–Trinajstić information content (AvgIpc) is 2.64. The highest BCUT2D eigenvalue weighted by Gasteiger charge is 2.04. The summed E-state index contributed by atoms with van der Waals surface area (Å²) in [6.45, 7) is 1.84. The molecule has 0 aliphatic carbocycles. The molecule has 0 atom stereocenters. The number of halogens is 1. The van der Waals surface area contributed by atoms with Gasteiger partial charge in [0.05, 0.1) is 17.3 Å². The first kappa shape index (κ1) is 10.1. The third kappa shape index (κ3) is 1.99. The van der Waals surface area contributed by atoms with Crippen molar-refractivity contribution in [2.75, 3.05) is 0 Å². The molecule has 0 aliphatic heterocycles. The lowest BCUT2D eigenvalue weighted by atomic mass is 10.2. The van der Waals surface area contributed by atoms with Gasteiger partial charge in [-0.15, -0.1) is 0 Å². The summed E-state index contributed by atoms with van der Waals surface area (Å²) >= 11 is 2.18. The topological polar surface area (TPSA) is 54.5 Å². The maximum atomic E-state index is 8.74. The Morgan fingerprint density at radius 2 is 2.27 bits per heavy atom. The Bertz CT molecular complexity index is 539. The Kier molecular flexibility index (Phi) is 2.68. The van der Waals surface area contributed by atoms with Crippen LogP contribution in [0.5, 0.6) is 0 Å². The smallest absolute Gasteiger partial charge is 0.147 e. The third-order valence-electron chi connectivity index (χ3n) is 1.93. The molecule has 2 aromatic rings. The van der Waals surface area contributed by atoms with E-state index in [1.165, 1.54) is 0 Å². The van der Waals surface area contributed by atoms with E-state index in [0.717, 1.165) is 15.1 Å². The molecule has 1 heterocycles. The number of nitriles is 1. The third-order valence-corrected chi connectivity index (χ3v) is 2.79. The van der Waals surface area contributed by atoms with Crippen LogP contribution >= 0.6 is 22.6 Å². The Balaban J connectivity index is 2.51. The van der Waals surface area contributed by atoms with Gasteiger partial charge in [-0.3, -0.25) is 0 Å². The van der Waals surface area contributed by atoms with Crippen LogP contribution in [0.4, 0.5) is 0 Å². The van der Waals surface area contributed by atoms with Gasteiger partial charge in [-0.1, -0.05) is 0 Å². The van der Waals surface area contributed by atoms with Crippen LogP contribution in [0, 0.1) is 21.8 Å². The molecule has 0 fully saturated rings. The van der Waals surface area contributed by atoms with E-state index >= 15 is 0 Å². The van der Waals surface area contributed by atoms with E-state index in [0.29, 0.717) is 5.56 Å². The fourth-order valence-corrected chi connectivity index (χ4v) is 1.99. The molecule has 0 saturated heterocycles. The van der Waals surface area contributed by atoms with Crippen molar-refractivity contribution in [1.82, 2.24) is 14.8 Å². The second kappa shape index (κ2) is 3.98. The van der Waals surface area contributed by atoms with E-state index in [1.54, 1.807) is 17.1 Å². The minimum Gasteiger partial charge on any atom is -0.220 e. The summed E-state index contributed by atoms with van der Waals surface area (Å²) in [4.78, 5) is 4.06. The second-order valence-electron chi connectivity index (χ2n) is 3.01. The van der Waals surface area contributed by atoms with Gasteiger partial charge in [-0.25, -0.2) is 9.67 Å². The van der Waals surface area contributed by atoms with Crippen LogP contribution in [0.15, 0.2) is 24.5 Å². The zero-order chi connectivity index (χ0) is 10.8. The second-order valence-corrected chi connectivity index (χ2v) is 4.18. The number of hydrogen-bond donors (Lipinski definition) is 0. The highest BCUT2D eigenvalue weighted by Crippen LogP contribution is 2.17. The predicted octanol–water partition coefficient (Wildman–Crippen LogP) is 2.05. The maximum absolute atomic E-state index is 8.74. The number of aryl methyl sites for hydroxylation is 1. The summed E-state index contributed by atoms with van der Waals surface area (Å²) in [5, 5.41) is 13.0. The number of hydrogen-bond acceptors (Lipinski definition) is 3. The molecule has 5 heteroatoms. The van der Waals surface area contributed by atoms with Gasteiger partial charge in [-0.05, 0) is 47.7 Å². The Morgan fingerprint density at radius 3 is 2.80 bits per heavy atom. The molecule has 4 nitrogen and oxygen atoms in total. The van der Waals surface area contributed by atoms with Gasteiger partial charge in [0.1, 0.15) is 12.2 Å². The van der Waals surface area contributed by atoms with Gasteiger partial charge in [0.2, 0.25) is 0 Å². The van der Waals surface area contributed by atoms with Crippen molar-refractivity contribution < 1.29 is 0 Å². The first-order chi connectivity index (χ1) is 7.20. The Hall–Kier alpha value is -1.42. The molecule has 1 aromatic heterocycles. The summed E-state index contributed by atoms with van der Waals surface area (Å²) in [7, 11) is 0. The van der Waals surface area contributed by atoms with E-state index < -0.39 is 0 Å². The van der Waals surface area contributed by atoms with Crippen molar-refractivity contribution in [3.05, 3.63) is 39.5 Å². The number of rotatable bonds is 1. The molecule has 0 N–H and O–H groups in total. The summed E-state index contributed by atoms with van der Waals surface area (Å²) in [5.74, 6) is 0.732. The van der Waals surface area contributed by atoms with E-state index in [2.05, 4.69) is 38.7 Å². The fourth-order valence-electron chi connectivity index (χ4n) is 1.22. The van der Waals surface area contributed by atoms with Crippen molar-refractivity contribution >= 4 is 22.6 Å². The average molecular weight is 310 g/mol. The van der Waals surface area contributed by atoms with Gasteiger partial charge >= 0.3 is 0 Å². The minimum atomic E-state index is 0.653. The lowest BCUT2D eigenvalue weighted by molar-refractivity contribution is 0.858. The van der Waals surface area contributed by atoms with Gasteiger partial charge in [-0.2, -0.15) is 10.4 Å². The van der Waals surface area contributed by atoms with Gasteiger partial charge < -0.3 is 0 Å². The summed E-state index contributed by atoms with van der Waals surface area (Å²) in [5.41, 5.74) is 1.59. The number of nitrogens with zero attached hydrogens (tertiary/aromatic N) is 4. The SMILES string of the molecule is Cc1ncn(-c2ccc(C#N)cc2I)n1. The maximum Gasteiger partial charge on any atom is 0.147 e. The molecule has 0 bridgehead atoms. The molecular formula is C10H7IN4. The van der Waals surface area contributed by atoms with Gasteiger partial charge in [0.15, 0.2) is 0 Å². The van der Waals surface area contributed by atoms with Crippen LogP contribution in [0.3, 0.4) is 0 Å². The molecule has 15 heavy (non-hydrogen) atoms. The summed E-state index contributed by atoms with van der Waals surface area (Å²) in [6, 6.07) is 7.57. The van der Waals surface area contributed by atoms with E-state index in [1.807, 2.05) is 19.1 Å². The molecule has 0 amide bonds. The molecule has 74 valence electrons. The monoisotopic (exact) mass is 310 g/mol.